The van der Waals surface area contributed by atoms with E-state index in [0.29, 0.717) is 30.1 Å². The normalized spacial score (nSPS) is 17.0. The molecule has 1 unspecified atom stereocenters. The lowest BCUT2D eigenvalue weighted by molar-refractivity contribution is -0.0688. The van der Waals surface area contributed by atoms with Crippen LogP contribution in [0.2, 0.25) is 0 Å². The molecule has 0 bridgehead atoms. The highest BCUT2D eigenvalue weighted by Gasteiger charge is 2.31. The third kappa shape index (κ3) is 3.22. The maximum Gasteiger partial charge on any atom is 0.340 e. The smallest absolute Gasteiger partial charge is 0.340 e. The number of carbonyl (C=O) groups excluding carboxylic acids is 2. The second-order valence-corrected chi connectivity index (χ2v) is 5.56. The number of rotatable bonds is 6. The maximum absolute atomic E-state index is 11.9. The molecule has 120 valence electrons. The third-order valence-electron chi connectivity index (χ3n) is 3.51. The minimum atomic E-state index is -1.25. The Hall–Kier alpha value is -2.08. The number of ether oxygens (including phenoxy) is 3. The van der Waals surface area contributed by atoms with Crippen molar-refractivity contribution in [3.8, 4) is 11.5 Å². The molecule has 0 saturated carbocycles. The van der Waals surface area contributed by atoms with Crippen LogP contribution in [0, 0.1) is 5.92 Å². The molecular formula is C16H20O6. The summed E-state index contributed by atoms with van der Waals surface area (Å²) in [5.74, 6) is 0.402. The number of methoxy groups -OCH3 is 1. The lowest BCUT2D eigenvalue weighted by Gasteiger charge is -2.24. The van der Waals surface area contributed by atoms with Crippen LogP contribution in [0.25, 0.3) is 0 Å². The van der Waals surface area contributed by atoms with Crippen molar-refractivity contribution in [2.45, 2.75) is 33.0 Å². The number of aldehydes is 1. The van der Waals surface area contributed by atoms with Crippen molar-refractivity contribution in [2.75, 3.05) is 13.7 Å². The molecule has 0 fully saturated rings. The molecule has 2 rings (SSSR count). The summed E-state index contributed by atoms with van der Waals surface area (Å²) in [6.07, 6.45) is 0.242. The molecule has 6 heteroatoms. The average Bonchev–Trinajstić information content (AvgIpc) is 2.46. The summed E-state index contributed by atoms with van der Waals surface area (Å²) in [5.41, 5.74) is 0.870. The molecule has 1 aromatic rings. The van der Waals surface area contributed by atoms with E-state index in [4.69, 9.17) is 14.2 Å². The molecule has 1 heterocycles. The zero-order valence-corrected chi connectivity index (χ0v) is 12.9. The quantitative estimate of drug-likeness (QED) is 0.639. The summed E-state index contributed by atoms with van der Waals surface area (Å²) in [5, 5.41) is 9.55. The van der Waals surface area contributed by atoms with Crippen molar-refractivity contribution in [2.24, 2.45) is 5.92 Å². The van der Waals surface area contributed by atoms with Crippen molar-refractivity contribution >= 4 is 12.3 Å². The number of aliphatic hydroxyl groups excluding tert-OH is 1. The molecule has 6 nitrogen and oxygen atoms in total. The van der Waals surface area contributed by atoms with E-state index in [1.54, 1.807) is 0 Å². The van der Waals surface area contributed by atoms with Gasteiger partial charge in [0.05, 0.1) is 24.8 Å². The number of cyclic esters (lactones) is 1. The fourth-order valence-corrected chi connectivity index (χ4v) is 2.35. The van der Waals surface area contributed by atoms with E-state index in [2.05, 4.69) is 13.8 Å². The Bertz CT molecular complexity index is 578. The van der Waals surface area contributed by atoms with Gasteiger partial charge in [-0.3, -0.25) is 4.79 Å². The molecule has 22 heavy (non-hydrogen) atoms. The number of hydrogen-bond acceptors (Lipinski definition) is 6. The van der Waals surface area contributed by atoms with E-state index in [9.17, 15) is 14.7 Å². The molecule has 0 aliphatic carbocycles. The first-order valence-corrected chi connectivity index (χ1v) is 7.18. The van der Waals surface area contributed by atoms with E-state index in [-0.39, 0.29) is 23.3 Å². The first-order chi connectivity index (χ1) is 10.5. The van der Waals surface area contributed by atoms with Crippen LogP contribution in [0.1, 0.15) is 46.5 Å². The molecule has 1 aliphatic heterocycles. The Kier molecular flexibility index (Phi) is 5.03. The standard InChI is InChI=1S/C16H20O6/c1-9(2)4-5-21-13-6-11-10(7-14(18)22-16(11)19)12(8-17)15(13)20-3/h6,8-9,14,18H,4-5,7H2,1-3H3. The summed E-state index contributed by atoms with van der Waals surface area (Å²) in [6, 6.07) is 1.51. The van der Waals surface area contributed by atoms with Crippen molar-refractivity contribution in [1.82, 2.24) is 0 Å². The van der Waals surface area contributed by atoms with Crippen molar-refractivity contribution in [1.29, 1.82) is 0 Å². The van der Waals surface area contributed by atoms with Crippen LogP contribution < -0.4 is 9.47 Å². The number of fused-ring (bicyclic) bond motifs is 1. The SMILES string of the molecule is COc1c(OCCC(C)C)cc2c(c1C=O)CC(O)OC2=O. The number of benzene rings is 1. The first kappa shape index (κ1) is 16.3. The van der Waals surface area contributed by atoms with Gasteiger partial charge in [0.25, 0.3) is 0 Å². The molecule has 0 aromatic heterocycles. The molecule has 1 aromatic carbocycles. The van der Waals surface area contributed by atoms with Crippen molar-refractivity contribution < 1.29 is 28.9 Å². The van der Waals surface area contributed by atoms with Gasteiger partial charge in [-0.1, -0.05) is 13.8 Å². The van der Waals surface area contributed by atoms with Gasteiger partial charge in [0.2, 0.25) is 6.29 Å². The van der Waals surface area contributed by atoms with Gasteiger partial charge >= 0.3 is 5.97 Å². The van der Waals surface area contributed by atoms with Crippen LogP contribution in [0.4, 0.5) is 0 Å². The van der Waals surface area contributed by atoms with Crippen molar-refractivity contribution in [3.05, 3.63) is 22.8 Å². The summed E-state index contributed by atoms with van der Waals surface area (Å²) in [4.78, 5) is 23.3. The Morgan fingerprint density at radius 3 is 2.82 bits per heavy atom. The summed E-state index contributed by atoms with van der Waals surface area (Å²) in [6.45, 7) is 4.59. The first-order valence-electron chi connectivity index (χ1n) is 7.18. The molecule has 0 amide bonds. The predicted octanol–water partition coefficient (Wildman–Crippen LogP) is 1.96. The molecule has 0 radical (unpaired) electrons. The molecule has 0 saturated heterocycles. The number of esters is 1. The minimum Gasteiger partial charge on any atom is -0.492 e. The van der Waals surface area contributed by atoms with Gasteiger partial charge in [-0.15, -0.1) is 0 Å². The van der Waals surface area contributed by atoms with E-state index in [1.807, 2.05) is 0 Å². The number of hydrogen-bond donors (Lipinski definition) is 1. The van der Waals surface area contributed by atoms with Gasteiger partial charge in [-0.2, -0.15) is 0 Å². The van der Waals surface area contributed by atoms with Gasteiger partial charge in [-0.05, 0) is 24.0 Å². The maximum atomic E-state index is 11.9. The molecule has 1 atom stereocenters. The topological polar surface area (TPSA) is 82.1 Å². The Balaban J connectivity index is 2.44. The van der Waals surface area contributed by atoms with Gasteiger partial charge in [0.1, 0.15) is 0 Å². The largest absolute Gasteiger partial charge is 0.492 e. The van der Waals surface area contributed by atoms with Gasteiger partial charge in [0, 0.05) is 6.42 Å². The fourth-order valence-electron chi connectivity index (χ4n) is 2.35. The highest BCUT2D eigenvalue weighted by molar-refractivity contribution is 5.97. The second kappa shape index (κ2) is 6.79. The summed E-state index contributed by atoms with van der Waals surface area (Å²) in [7, 11) is 1.43. The molecule has 1 N–H and O–H groups in total. The molecule has 1 aliphatic rings. The van der Waals surface area contributed by atoms with E-state index in [0.717, 1.165) is 6.42 Å². The highest BCUT2D eigenvalue weighted by Crippen LogP contribution is 2.38. The van der Waals surface area contributed by atoms with Crippen LogP contribution >= 0.6 is 0 Å². The Morgan fingerprint density at radius 1 is 1.50 bits per heavy atom. The van der Waals surface area contributed by atoms with Crippen LogP contribution in [0.3, 0.4) is 0 Å². The zero-order valence-electron chi connectivity index (χ0n) is 12.9. The summed E-state index contributed by atoms with van der Waals surface area (Å²) < 4.78 is 15.7. The summed E-state index contributed by atoms with van der Waals surface area (Å²) >= 11 is 0. The van der Waals surface area contributed by atoms with E-state index >= 15 is 0 Å². The average molecular weight is 308 g/mol. The van der Waals surface area contributed by atoms with Gasteiger partial charge in [0.15, 0.2) is 17.8 Å². The van der Waals surface area contributed by atoms with Crippen LogP contribution in [-0.4, -0.2) is 37.4 Å². The predicted molar refractivity (Wildman–Crippen MR) is 78.5 cm³/mol. The zero-order chi connectivity index (χ0) is 16.3. The monoisotopic (exact) mass is 308 g/mol. The van der Waals surface area contributed by atoms with Gasteiger partial charge in [-0.25, -0.2) is 4.79 Å². The van der Waals surface area contributed by atoms with Gasteiger partial charge < -0.3 is 19.3 Å². The van der Waals surface area contributed by atoms with Crippen molar-refractivity contribution in [3.63, 3.8) is 0 Å². The number of carbonyl (C=O) groups is 2. The second-order valence-electron chi connectivity index (χ2n) is 5.56. The van der Waals surface area contributed by atoms with E-state index in [1.165, 1.54) is 13.2 Å². The van der Waals surface area contributed by atoms with E-state index < -0.39 is 12.3 Å². The highest BCUT2D eigenvalue weighted by atomic mass is 16.6. The Labute approximate surface area is 129 Å². The van der Waals surface area contributed by atoms with Crippen LogP contribution in [0.15, 0.2) is 6.07 Å². The van der Waals surface area contributed by atoms with Crippen LogP contribution in [-0.2, 0) is 11.2 Å². The molecule has 0 spiro atoms. The van der Waals surface area contributed by atoms with Crippen LogP contribution in [0.5, 0.6) is 11.5 Å². The third-order valence-corrected chi connectivity index (χ3v) is 3.51. The lowest BCUT2D eigenvalue weighted by atomic mass is 9.95. The number of aliphatic hydroxyl groups is 1. The lowest BCUT2D eigenvalue weighted by Crippen LogP contribution is -2.28. The molecular weight excluding hydrogens is 288 g/mol. The minimum absolute atomic E-state index is 0.0534. The Morgan fingerprint density at radius 2 is 2.23 bits per heavy atom. The fraction of sp³-hybridized carbons (Fsp3) is 0.500.